The first kappa shape index (κ1) is 12.3. The van der Waals surface area contributed by atoms with Crippen LogP contribution in [0.1, 0.15) is 33.6 Å². The van der Waals surface area contributed by atoms with Gasteiger partial charge in [-0.3, -0.25) is 4.90 Å². The molecular weight excluding hydrogens is 198 g/mol. The van der Waals surface area contributed by atoms with Gasteiger partial charge in [-0.2, -0.15) is 0 Å². The van der Waals surface area contributed by atoms with Crippen LogP contribution in [0.25, 0.3) is 0 Å². The molecule has 0 aromatic heterocycles. The van der Waals surface area contributed by atoms with Crippen molar-refractivity contribution in [1.29, 1.82) is 0 Å². The van der Waals surface area contributed by atoms with Gasteiger partial charge in [-0.1, -0.05) is 20.8 Å². The molecule has 84 valence electrons. The Bertz CT molecular complexity index is 219. The van der Waals surface area contributed by atoms with Crippen molar-refractivity contribution in [3.05, 3.63) is 0 Å². The van der Waals surface area contributed by atoms with E-state index >= 15 is 0 Å². The number of halogens is 1. The van der Waals surface area contributed by atoms with Crippen LogP contribution in [0.15, 0.2) is 0 Å². The highest BCUT2D eigenvalue weighted by Gasteiger charge is 2.55. The van der Waals surface area contributed by atoms with E-state index in [9.17, 15) is 0 Å². The van der Waals surface area contributed by atoms with Crippen molar-refractivity contribution in [2.24, 2.45) is 16.7 Å². The molecule has 2 rings (SSSR count). The van der Waals surface area contributed by atoms with Crippen LogP contribution in [0.4, 0.5) is 0 Å². The van der Waals surface area contributed by atoms with Crippen LogP contribution < -0.4 is 0 Å². The second-order valence-corrected chi connectivity index (χ2v) is 5.67. The molecule has 0 amide bonds. The highest BCUT2D eigenvalue weighted by Crippen LogP contribution is 2.58. The van der Waals surface area contributed by atoms with Crippen molar-refractivity contribution in [2.45, 2.75) is 33.6 Å². The lowest BCUT2D eigenvalue weighted by Crippen LogP contribution is -2.52. The number of rotatable bonds is 1. The van der Waals surface area contributed by atoms with Crippen molar-refractivity contribution >= 4 is 12.4 Å². The standard InChI is InChI=1S/C11H21NO.ClH/c1-10(2)9-4-5-11(10,3)7-12(6-9)8-13;/h9,13H,4-8H2,1-3H3;1H. The van der Waals surface area contributed by atoms with Gasteiger partial charge in [0.2, 0.25) is 0 Å². The van der Waals surface area contributed by atoms with Gasteiger partial charge in [0.25, 0.3) is 0 Å². The quantitative estimate of drug-likeness (QED) is 0.731. The number of aliphatic hydroxyl groups is 1. The van der Waals surface area contributed by atoms with Gasteiger partial charge in [0.15, 0.2) is 0 Å². The van der Waals surface area contributed by atoms with Crippen LogP contribution in [0.2, 0.25) is 0 Å². The lowest BCUT2D eigenvalue weighted by molar-refractivity contribution is -0.0492. The van der Waals surface area contributed by atoms with Crippen molar-refractivity contribution < 1.29 is 5.11 Å². The zero-order valence-electron chi connectivity index (χ0n) is 9.42. The first-order valence-electron chi connectivity index (χ1n) is 5.33. The van der Waals surface area contributed by atoms with Crippen LogP contribution in [0, 0.1) is 16.7 Å². The fourth-order valence-electron chi connectivity index (χ4n) is 3.25. The van der Waals surface area contributed by atoms with Crippen LogP contribution in [0.3, 0.4) is 0 Å². The minimum Gasteiger partial charge on any atom is -0.381 e. The Morgan fingerprint density at radius 3 is 2.50 bits per heavy atom. The predicted octanol–water partition coefficient (Wildman–Crippen LogP) is 2.12. The first-order valence-corrected chi connectivity index (χ1v) is 5.33. The summed E-state index contributed by atoms with van der Waals surface area (Å²) in [6, 6.07) is 0. The van der Waals surface area contributed by atoms with Crippen molar-refractivity contribution in [2.75, 3.05) is 19.8 Å². The van der Waals surface area contributed by atoms with Gasteiger partial charge in [-0.25, -0.2) is 0 Å². The van der Waals surface area contributed by atoms with Gasteiger partial charge in [-0.15, -0.1) is 12.4 Å². The predicted molar refractivity (Wildman–Crippen MR) is 60.5 cm³/mol. The van der Waals surface area contributed by atoms with Crippen molar-refractivity contribution in [1.82, 2.24) is 4.90 Å². The maximum absolute atomic E-state index is 9.16. The molecule has 2 fully saturated rings. The normalized spacial score (nSPS) is 40.7. The Hall–Kier alpha value is 0.210. The summed E-state index contributed by atoms with van der Waals surface area (Å²) < 4.78 is 0. The molecule has 2 aliphatic rings. The lowest BCUT2D eigenvalue weighted by atomic mass is 9.63. The first-order chi connectivity index (χ1) is 5.99. The Kier molecular flexibility index (Phi) is 3.21. The number of likely N-dealkylation sites (tertiary alicyclic amines) is 1. The molecule has 2 nitrogen and oxygen atoms in total. The second kappa shape index (κ2) is 3.66. The summed E-state index contributed by atoms with van der Waals surface area (Å²) in [6.07, 6.45) is 2.68. The van der Waals surface area contributed by atoms with E-state index in [1.165, 1.54) is 12.8 Å². The summed E-state index contributed by atoms with van der Waals surface area (Å²) in [5.41, 5.74) is 0.900. The molecule has 14 heavy (non-hydrogen) atoms. The second-order valence-electron chi connectivity index (χ2n) is 5.67. The fraction of sp³-hybridized carbons (Fsp3) is 1.00. The molecule has 1 N–H and O–H groups in total. The third-order valence-corrected chi connectivity index (χ3v) is 4.87. The Morgan fingerprint density at radius 2 is 2.00 bits per heavy atom. The van der Waals surface area contributed by atoms with Crippen LogP contribution >= 0.6 is 12.4 Å². The number of fused-ring (bicyclic) bond motifs is 2. The largest absolute Gasteiger partial charge is 0.381 e. The zero-order valence-corrected chi connectivity index (χ0v) is 10.2. The van der Waals surface area contributed by atoms with E-state index in [1.54, 1.807) is 0 Å². The molecule has 3 heteroatoms. The molecule has 0 aromatic carbocycles. The summed E-state index contributed by atoms with van der Waals surface area (Å²) in [5.74, 6) is 0.790. The molecule has 0 radical (unpaired) electrons. The monoisotopic (exact) mass is 219 g/mol. The van der Waals surface area contributed by atoms with Crippen LogP contribution in [-0.2, 0) is 0 Å². The molecule has 2 unspecified atom stereocenters. The molecule has 0 aromatic rings. The molecule has 2 bridgehead atoms. The minimum atomic E-state index is 0. The highest BCUT2D eigenvalue weighted by molar-refractivity contribution is 5.85. The smallest absolute Gasteiger partial charge is 0.0956 e. The van der Waals surface area contributed by atoms with Gasteiger partial charge >= 0.3 is 0 Å². The topological polar surface area (TPSA) is 23.5 Å². The number of aliphatic hydroxyl groups excluding tert-OH is 1. The average Bonchev–Trinajstić information content (AvgIpc) is 2.27. The summed E-state index contributed by atoms with van der Waals surface area (Å²) in [4.78, 5) is 2.20. The van der Waals surface area contributed by atoms with Crippen molar-refractivity contribution in [3.8, 4) is 0 Å². The summed E-state index contributed by atoms with van der Waals surface area (Å²) in [5, 5.41) is 9.16. The highest BCUT2D eigenvalue weighted by atomic mass is 35.5. The molecule has 1 saturated carbocycles. The van der Waals surface area contributed by atoms with Gasteiger partial charge in [-0.05, 0) is 29.6 Å². The molecule has 1 aliphatic heterocycles. The third kappa shape index (κ3) is 1.48. The Labute approximate surface area is 93.1 Å². The maximum atomic E-state index is 9.16. The molecule has 1 heterocycles. The number of nitrogens with zero attached hydrogens (tertiary/aromatic N) is 1. The summed E-state index contributed by atoms with van der Waals surface area (Å²) in [6.45, 7) is 9.60. The SMILES string of the molecule is CC12CCC(CN(CO)C1)C2(C)C.Cl. The van der Waals surface area contributed by atoms with E-state index < -0.39 is 0 Å². The van der Waals surface area contributed by atoms with Gasteiger partial charge in [0.05, 0.1) is 6.73 Å². The van der Waals surface area contributed by atoms with Crippen LogP contribution in [0.5, 0.6) is 0 Å². The fourth-order valence-corrected chi connectivity index (χ4v) is 3.25. The van der Waals surface area contributed by atoms with E-state index in [4.69, 9.17) is 5.11 Å². The Morgan fingerprint density at radius 1 is 1.36 bits per heavy atom. The van der Waals surface area contributed by atoms with Crippen molar-refractivity contribution in [3.63, 3.8) is 0 Å². The van der Waals surface area contributed by atoms with Gasteiger partial charge in [0.1, 0.15) is 0 Å². The third-order valence-electron chi connectivity index (χ3n) is 4.87. The van der Waals surface area contributed by atoms with E-state index in [0.29, 0.717) is 10.8 Å². The van der Waals surface area contributed by atoms with Crippen LogP contribution in [-0.4, -0.2) is 29.8 Å². The summed E-state index contributed by atoms with van der Waals surface area (Å²) >= 11 is 0. The molecule has 2 atom stereocenters. The number of piperidine rings is 1. The maximum Gasteiger partial charge on any atom is 0.0956 e. The number of hydrogen-bond donors (Lipinski definition) is 1. The van der Waals surface area contributed by atoms with E-state index in [2.05, 4.69) is 25.7 Å². The van der Waals surface area contributed by atoms with E-state index in [-0.39, 0.29) is 19.1 Å². The molecular formula is C11H22ClNO. The summed E-state index contributed by atoms with van der Waals surface area (Å²) in [7, 11) is 0. The van der Waals surface area contributed by atoms with E-state index in [1.807, 2.05) is 0 Å². The lowest BCUT2D eigenvalue weighted by Gasteiger charge is -2.50. The molecule has 1 saturated heterocycles. The molecule has 1 aliphatic carbocycles. The Balaban J connectivity index is 0.000000980. The van der Waals surface area contributed by atoms with Gasteiger partial charge in [0, 0.05) is 13.1 Å². The average molecular weight is 220 g/mol. The zero-order chi connectivity index (χ0) is 9.69. The molecule has 0 spiro atoms. The van der Waals surface area contributed by atoms with E-state index in [0.717, 1.165) is 19.0 Å². The van der Waals surface area contributed by atoms with Gasteiger partial charge < -0.3 is 5.11 Å². The minimum absolute atomic E-state index is 0. The number of hydrogen-bond acceptors (Lipinski definition) is 2.